The molecule has 130 valence electrons. The number of carbonyl (C=O) groups excluding carboxylic acids is 1. The molecule has 0 unspecified atom stereocenters. The van der Waals surface area contributed by atoms with E-state index in [0.29, 0.717) is 21.5 Å². The lowest BCUT2D eigenvalue weighted by atomic mass is 10.0. The molecule has 0 aliphatic carbocycles. The Balaban J connectivity index is 1.95. The van der Waals surface area contributed by atoms with Crippen molar-refractivity contribution in [1.29, 1.82) is 0 Å². The molecule has 0 atom stereocenters. The molecule has 3 aromatic rings. The molecule has 1 amide bonds. The van der Waals surface area contributed by atoms with E-state index < -0.39 is 0 Å². The molecule has 0 bridgehead atoms. The zero-order valence-electron chi connectivity index (χ0n) is 14.4. The van der Waals surface area contributed by atoms with Gasteiger partial charge in [-0.2, -0.15) is 0 Å². The first-order valence-electron chi connectivity index (χ1n) is 8.18. The average molecular weight is 375 g/mol. The maximum Gasteiger partial charge on any atom is 0.275 e. The Morgan fingerprint density at radius 1 is 1.28 bits per heavy atom. The lowest BCUT2D eigenvalue weighted by Gasteiger charge is -2.15. The van der Waals surface area contributed by atoms with Crippen molar-refractivity contribution in [1.82, 2.24) is 4.98 Å². The number of halogens is 1. The molecule has 0 radical (unpaired) electrons. The SMILES string of the molecule is CCc1ccc(Cl)c(CC)c1NC(=O)c1nc(-c2ccco2)sc1C. The van der Waals surface area contributed by atoms with Gasteiger partial charge in [0.15, 0.2) is 10.8 Å². The standard InChI is InChI=1S/C19H19ClN2O2S/c1-4-12-8-9-14(20)13(5-2)17(12)21-18(23)16-11(3)25-19(22-16)15-7-6-10-24-15/h6-10H,4-5H2,1-3H3,(H,21,23). The molecular formula is C19H19ClN2O2S. The van der Waals surface area contributed by atoms with Crippen molar-refractivity contribution in [3.05, 3.63) is 57.2 Å². The summed E-state index contributed by atoms with van der Waals surface area (Å²) in [4.78, 5) is 18.1. The van der Waals surface area contributed by atoms with Gasteiger partial charge in [0, 0.05) is 15.6 Å². The number of hydrogen-bond acceptors (Lipinski definition) is 4. The van der Waals surface area contributed by atoms with Gasteiger partial charge in [-0.3, -0.25) is 4.79 Å². The van der Waals surface area contributed by atoms with Crippen LogP contribution in [0.5, 0.6) is 0 Å². The summed E-state index contributed by atoms with van der Waals surface area (Å²) >= 11 is 7.76. The molecule has 0 saturated carbocycles. The van der Waals surface area contributed by atoms with Crippen LogP contribution in [0, 0.1) is 6.92 Å². The molecular weight excluding hydrogens is 356 g/mol. The summed E-state index contributed by atoms with van der Waals surface area (Å²) in [5.74, 6) is 0.441. The first kappa shape index (κ1) is 17.7. The number of anilines is 1. The number of nitrogens with zero attached hydrogens (tertiary/aromatic N) is 1. The highest BCUT2D eigenvalue weighted by atomic mass is 35.5. The Bertz CT molecular complexity index is 901. The largest absolute Gasteiger partial charge is 0.462 e. The van der Waals surface area contributed by atoms with Gasteiger partial charge in [-0.15, -0.1) is 11.3 Å². The third kappa shape index (κ3) is 3.48. The number of aromatic nitrogens is 1. The molecule has 3 rings (SSSR count). The molecule has 1 aromatic carbocycles. The molecule has 0 fully saturated rings. The van der Waals surface area contributed by atoms with E-state index in [1.165, 1.54) is 11.3 Å². The van der Waals surface area contributed by atoms with Gasteiger partial charge in [-0.25, -0.2) is 4.98 Å². The zero-order valence-corrected chi connectivity index (χ0v) is 15.9. The molecule has 2 heterocycles. The van der Waals surface area contributed by atoms with Crippen LogP contribution in [0.3, 0.4) is 0 Å². The van der Waals surface area contributed by atoms with E-state index in [-0.39, 0.29) is 5.91 Å². The fourth-order valence-electron chi connectivity index (χ4n) is 2.75. The Hall–Kier alpha value is -2.11. The fraction of sp³-hybridized carbons (Fsp3) is 0.263. The van der Waals surface area contributed by atoms with Crippen molar-refractivity contribution in [3.63, 3.8) is 0 Å². The number of hydrogen-bond donors (Lipinski definition) is 1. The number of furan rings is 1. The van der Waals surface area contributed by atoms with E-state index >= 15 is 0 Å². The number of aryl methyl sites for hydroxylation is 2. The van der Waals surface area contributed by atoms with Gasteiger partial charge in [0.2, 0.25) is 0 Å². The minimum absolute atomic E-state index is 0.224. The van der Waals surface area contributed by atoms with Gasteiger partial charge in [0.25, 0.3) is 5.91 Å². The van der Waals surface area contributed by atoms with Crippen molar-refractivity contribution >= 4 is 34.5 Å². The van der Waals surface area contributed by atoms with Crippen molar-refractivity contribution in [2.24, 2.45) is 0 Å². The molecule has 4 nitrogen and oxygen atoms in total. The lowest BCUT2D eigenvalue weighted by molar-refractivity contribution is 0.102. The van der Waals surface area contributed by atoms with Gasteiger partial charge in [-0.05, 0) is 49.1 Å². The molecule has 0 spiro atoms. The summed E-state index contributed by atoms with van der Waals surface area (Å²) in [6.45, 7) is 5.97. The van der Waals surface area contributed by atoms with Crippen molar-refractivity contribution in [3.8, 4) is 10.8 Å². The minimum atomic E-state index is -0.224. The van der Waals surface area contributed by atoms with Gasteiger partial charge in [0.1, 0.15) is 5.69 Å². The monoisotopic (exact) mass is 374 g/mol. The summed E-state index contributed by atoms with van der Waals surface area (Å²) in [6.07, 6.45) is 3.16. The highest BCUT2D eigenvalue weighted by Crippen LogP contribution is 2.32. The second kappa shape index (κ2) is 7.42. The van der Waals surface area contributed by atoms with Gasteiger partial charge in [0.05, 0.1) is 6.26 Å². The fourth-order valence-corrected chi connectivity index (χ4v) is 3.92. The topological polar surface area (TPSA) is 55.1 Å². The Morgan fingerprint density at radius 2 is 2.08 bits per heavy atom. The second-order valence-corrected chi connectivity index (χ2v) is 7.23. The molecule has 2 aromatic heterocycles. The summed E-state index contributed by atoms with van der Waals surface area (Å²) in [5, 5.41) is 4.39. The average Bonchev–Trinajstić information content (AvgIpc) is 3.24. The quantitative estimate of drug-likeness (QED) is 0.619. The molecule has 0 aliphatic heterocycles. The van der Waals surface area contributed by atoms with Gasteiger partial charge < -0.3 is 9.73 Å². The van der Waals surface area contributed by atoms with E-state index in [1.54, 1.807) is 12.3 Å². The van der Waals surface area contributed by atoms with Gasteiger partial charge in [-0.1, -0.05) is 31.5 Å². The van der Waals surface area contributed by atoms with Crippen LogP contribution in [-0.4, -0.2) is 10.9 Å². The van der Waals surface area contributed by atoms with Gasteiger partial charge >= 0.3 is 0 Å². The normalized spacial score (nSPS) is 10.9. The number of thiazole rings is 1. The maximum absolute atomic E-state index is 12.8. The predicted molar refractivity (Wildman–Crippen MR) is 103 cm³/mol. The van der Waals surface area contributed by atoms with E-state index in [2.05, 4.69) is 17.2 Å². The lowest BCUT2D eigenvalue weighted by Crippen LogP contribution is -2.16. The molecule has 1 N–H and O–H groups in total. The second-order valence-electron chi connectivity index (χ2n) is 5.62. The van der Waals surface area contributed by atoms with E-state index in [1.807, 2.05) is 32.0 Å². The predicted octanol–water partition coefficient (Wildman–Crippen LogP) is 5.74. The Kier molecular flexibility index (Phi) is 5.25. The highest BCUT2D eigenvalue weighted by molar-refractivity contribution is 7.15. The molecule has 6 heteroatoms. The smallest absolute Gasteiger partial charge is 0.275 e. The van der Waals surface area contributed by atoms with E-state index in [4.69, 9.17) is 16.0 Å². The molecule has 25 heavy (non-hydrogen) atoms. The van der Waals surface area contributed by atoms with E-state index in [0.717, 1.165) is 34.5 Å². The third-order valence-electron chi connectivity index (χ3n) is 4.06. The number of benzene rings is 1. The first-order chi connectivity index (χ1) is 12.0. The third-order valence-corrected chi connectivity index (χ3v) is 5.40. The van der Waals surface area contributed by atoms with Crippen LogP contribution in [0.2, 0.25) is 5.02 Å². The van der Waals surface area contributed by atoms with Crippen molar-refractivity contribution < 1.29 is 9.21 Å². The first-order valence-corrected chi connectivity index (χ1v) is 9.37. The number of carbonyl (C=O) groups is 1. The van der Waals surface area contributed by atoms with Crippen LogP contribution < -0.4 is 5.32 Å². The minimum Gasteiger partial charge on any atom is -0.462 e. The molecule has 0 saturated heterocycles. The summed E-state index contributed by atoms with van der Waals surface area (Å²) in [5.41, 5.74) is 3.23. The Labute approximate surface area is 155 Å². The zero-order chi connectivity index (χ0) is 18.0. The summed E-state index contributed by atoms with van der Waals surface area (Å²) in [6, 6.07) is 7.48. The van der Waals surface area contributed by atoms with Crippen LogP contribution >= 0.6 is 22.9 Å². The van der Waals surface area contributed by atoms with E-state index in [9.17, 15) is 4.79 Å². The summed E-state index contributed by atoms with van der Waals surface area (Å²) < 4.78 is 5.37. The van der Waals surface area contributed by atoms with Crippen LogP contribution in [0.15, 0.2) is 34.9 Å². The van der Waals surface area contributed by atoms with Crippen LogP contribution in [0.4, 0.5) is 5.69 Å². The Morgan fingerprint density at radius 3 is 2.72 bits per heavy atom. The summed E-state index contributed by atoms with van der Waals surface area (Å²) in [7, 11) is 0. The van der Waals surface area contributed by atoms with Crippen LogP contribution in [0.25, 0.3) is 10.8 Å². The number of rotatable bonds is 5. The van der Waals surface area contributed by atoms with Crippen LogP contribution in [-0.2, 0) is 12.8 Å². The van der Waals surface area contributed by atoms with Crippen molar-refractivity contribution in [2.75, 3.05) is 5.32 Å². The molecule has 0 aliphatic rings. The number of amides is 1. The van der Waals surface area contributed by atoms with Crippen LogP contribution in [0.1, 0.15) is 40.3 Å². The number of nitrogens with one attached hydrogen (secondary N) is 1. The van der Waals surface area contributed by atoms with Crippen molar-refractivity contribution in [2.45, 2.75) is 33.6 Å². The maximum atomic E-state index is 12.8. The highest BCUT2D eigenvalue weighted by Gasteiger charge is 2.20.